The van der Waals surface area contributed by atoms with Crippen LogP contribution in [0.15, 0.2) is 85.3 Å². The minimum atomic E-state index is -0.271. The van der Waals surface area contributed by atoms with Crippen molar-refractivity contribution in [1.29, 1.82) is 0 Å². The molecule has 0 aliphatic carbocycles. The van der Waals surface area contributed by atoms with Gasteiger partial charge in [-0.05, 0) is 48.6 Å². The van der Waals surface area contributed by atoms with E-state index in [1.54, 1.807) is 11.1 Å². The Balaban J connectivity index is 1.27. The molecular formula is C31H31N4O3+. The van der Waals surface area contributed by atoms with E-state index in [1.807, 2.05) is 71.6 Å². The number of ketones is 1. The number of aromatic nitrogens is 3. The van der Waals surface area contributed by atoms with Crippen LogP contribution in [0.25, 0.3) is 11.3 Å². The molecule has 0 saturated carbocycles. The van der Waals surface area contributed by atoms with Gasteiger partial charge in [0.05, 0.1) is 11.3 Å². The van der Waals surface area contributed by atoms with Crippen molar-refractivity contribution in [3.05, 3.63) is 113 Å². The molecule has 1 aliphatic rings. The third kappa shape index (κ3) is 6.29. The maximum absolute atomic E-state index is 12.7. The molecule has 1 amide bonds. The minimum Gasteiger partial charge on any atom is -0.388 e. The normalized spacial score (nSPS) is 12.9. The van der Waals surface area contributed by atoms with Crippen LogP contribution in [0.2, 0.25) is 0 Å². The number of ether oxygens (including phenoxy) is 1. The highest BCUT2D eigenvalue weighted by molar-refractivity contribution is 5.97. The van der Waals surface area contributed by atoms with Gasteiger partial charge in [-0.2, -0.15) is 4.57 Å². The number of rotatable bonds is 8. The molecule has 1 fully saturated rings. The third-order valence-corrected chi connectivity index (χ3v) is 6.78. The molecule has 1 saturated heterocycles. The van der Waals surface area contributed by atoms with Crippen molar-refractivity contribution >= 4 is 11.9 Å². The molecule has 4 aromatic rings. The Morgan fingerprint density at radius 2 is 1.82 bits per heavy atom. The molecule has 0 spiro atoms. The first kappa shape index (κ1) is 25.3. The fourth-order valence-corrected chi connectivity index (χ4v) is 4.63. The second kappa shape index (κ2) is 11.8. The number of carbonyl (C=O) groups is 2. The quantitative estimate of drug-likeness (QED) is 0.249. The van der Waals surface area contributed by atoms with E-state index in [9.17, 15) is 9.59 Å². The number of benzene rings is 2. The van der Waals surface area contributed by atoms with Crippen LogP contribution in [-0.2, 0) is 24.3 Å². The third-order valence-electron chi connectivity index (χ3n) is 6.78. The highest BCUT2D eigenvalue weighted by atomic mass is 16.6. The van der Waals surface area contributed by atoms with Gasteiger partial charge >= 0.3 is 6.09 Å². The summed E-state index contributed by atoms with van der Waals surface area (Å²) in [7, 11) is 0. The second-order valence-electron chi connectivity index (χ2n) is 9.60. The molecule has 7 nitrogen and oxygen atoms in total. The monoisotopic (exact) mass is 507 g/mol. The van der Waals surface area contributed by atoms with Crippen LogP contribution in [0.3, 0.4) is 0 Å². The summed E-state index contributed by atoms with van der Waals surface area (Å²) in [6.45, 7) is 3.73. The minimum absolute atomic E-state index is 0.0992. The summed E-state index contributed by atoms with van der Waals surface area (Å²) in [4.78, 5) is 36.0. The molecule has 3 heterocycles. The standard InChI is InChI=1S/C31H31N4O3/c1-23-11-12-24(19-29(36)25-8-3-2-4-9-25)18-27(23)20-30-32-14-13-28(33-30)26-10-7-15-34(21-26)22-38-31(37)35-16-5-6-17-35/h2-4,7-15,18,21H,5-6,16-17,19-20,22H2,1H3/q+1. The fourth-order valence-electron chi connectivity index (χ4n) is 4.63. The van der Waals surface area contributed by atoms with Crippen molar-refractivity contribution in [2.45, 2.75) is 39.3 Å². The zero-order valence-corrected chi connectivity index (χ0v) is 21.5. The van der Waals surface area contributed by atoms with Gasteiger partial charge in [0.15, 0.2) is 18.2 Å². The van der Waals surface area contributed by atoms with Gasteiger partial charge < -0.3 is 9.64 Å². The summed E-state index contributed by atoms with van der Waals surface area (Å²) in [5, 5.41) is 0. The SMILES string of the molecule is Cc1ccc(CC(=O)c2ccccc2)cc1Cc1nccc(-c2ccc[n+](COC(=O)N3CCCC3)c2)n1. The smallest absolute Gasteiger partial charge is 0.388 e. The zero-order chi connectivity index (χ0) is 26.3. The molecule has 38 heavy (non-hydrogen) atoms. The number of nitrogens with zero attached hydrogens (tertiary/aromatic N) is 4. The lowest BCUT2D eigenvalue weighted by Crippen LogP contribution is -2.38. The average Bonchev–Trinajstić information content (AvgIpc) is 3.50. The summed E-state index contributed by atoms with van der Waals surface area (Å²) < 4.78 is 7.31. The number of pyridine rings is 1. The van der Waals surface area contributed by atoms with Crippen molar-refractivity contribution in [3.63, 3.8) is 0 Å². The van der Waals surface area contributed by atoms with Crippen molar-refractivity contribution in [2.75, 3.05) is 13.1 Å². The van der Waals surface area contributed by atoms with Gasteiger partial charge in [0.1, 0.15) is 5.82 Å². The molecule has 0 bridgehead atoms. The molecule has 1 aliphatic heterocycles. The Morgan fingerprint density at radius 3 is 2.63 bits per heavy atom. The first-order valence-corrected chi connectivity index (χ1v) is 12.9. The van der Waals surface area contributed by atoms with Crippen LogP contribution < -0.4 is 4.57 Å². The van der Waals surface area contributed by atoms with Crippen LogP contribution in [0.5, 0.6) is 0 Å². The van der Waals surface area contributed by atoms with Crippen molar-refractivity contribution in [2.24, 2.45) is 0 Å². The van der Waals surface area contributed by atoms with Gasteiger partial charge in [0.2, 0.25) is 0 Å². The molecule has 0 radical (unpaired) electrons. The summed E-state index contributed by atoms with van der Waals surface area (Å²) in [6.07, 6.45) is 8.26. The van der Waals surface area contributed by atoms with Gasteiger partial charge in [-0.1, -0.05) is 48.5 Å². The molecule has 0 unspecified atom stereocenters. The Hall–Kier alpha value is -4.39. The summed E-state index contributed by atoms with van der Waals surface area (Å²) >= 11 is 0. The Bertz CT molecular complexity index is 1430. The largest absolute Gasteiger partial charge is 0.414 e. The van der Waals surface area contributed by atoms with E-state index in [0.717, 1.165) is 59.4 Å². The Kier molecular flexibility index (Phi) is 7.83. The predicted molar refractivity (Wildman–Crippen MR) is 143 cm³/mol. The van der Waals surface area contributed by atoms with E-state index < -0.39 is 0 Å². The van der Waals surface area contributed by atoms with E-state index in [2.05, 4.69) is 24.0 Å². The van der Waals surface area contributed by atoms with Crippen molar-refractivity contribution in [3.8, 4) is 11.3 Å². The van der Waals surface area contributed by atoms with E-state index >= 15 is 0 Å². The number of hydrogen-bond acceptors (Lipinski definition) is 5. The molecule has 192 valence electrons. The highest BCUT2D eigenvalue weighted by Crippen LogP contribution is 2.19. The summed E-state index contributed by atoms with van der Waals surface area (Å²) in [6, 6.07) is 21.3. The van der Waals surface area contributed by atoms with Crippen LogP contribution in [0, 0.1) is 6.92 Å². The van der Waals surface area contributed by atoms with Gasteiger partial charge in [-0.15, -0.1) is 0 Å². The molecule has 5 rings (SSSR count). The second-order valence-corrected chi connectivity index (χ2v) is 9.60. The highest BCUT2D eigenvalue weighted by Gasteiger charge is 2.20. The number of Topliss-reactive ketones (excluding diaryl/α,β-unsaturated/α-hetero) is 1. The number of carbonyl (C=O) groups excluding carboxylic acids is 2. The fraction of sp³-hybridized carbons (Fsp3) is 0.258. The number of likely N-dealkylation sites (tertiary alicyclic amines) is 1. The first-order chi connectivity index (χ1) is 18.5. The van der Waals surface area contributed by atoms with E-state index in [0.29, 0.717) is 18.7 Å². The van der Waals surface area contributed by atoms with E-state index in [-0.39, 0.29) is 18.6 Å². The number of amides is 1. The van der Waals surface area contributed by atoms with Crippen molar-refractivity contribution in [1.82, 2.24) is 14.9 Å². The van der Waals surface area contributed by atoms with Gasteiger partial charge in [0, 0.05) is 43.8 Å². The lowest BCUT2D eigenvalue weighted by atomic mass is 9.97. The number of aryl methyl sites for hydroxylation is 1. The van der Waals surface area contributed by atoms with Gasteiger partial charge in [-0.3, -0.25) is 4.79 Å². The first-order valence-electron chi connectivity index (χ1n) is 12.9. The summed E-state index contributed by atoms with van der Waals surface area (Å²) in [5.41, 5.74) is 5.63. The van der Waals surface area contributed by atoms with E-state index in [4.69, 9.17) is 9.72 Å². The zero-order valence-electron chi connectivity index (χ0n) is 21.5. The lowest BCUT2D eigenvalue weighted by molar-refractivity contribution is -0.727. The Labute approximate surface area is 222 Å². The molecular weight excluding hydrogens is 476 g/mol. The Morgan fingerprint density at radius 1 is 1.00 bits per heavy atom. The molecule has 2 aromatic heterocycles. The number of hydrogen-bond donors (Lipinski definition) is 0. The average molecular weight is 508 g/mol. The van der Waals surface area contributed by atoms with Crippen LogP contribution in [-0.4, -0.2) is 39.8 Å². The topological polar surface area (TPSA) is 76.3 Å². The summed E-state index contributed by atoms with van der Waals surface area (Å²) in [5.74, 6) is 0.801. The maximum atomic E-state index is 12.7. The predicted octanol–water partition coefficient (Wildman–Crippen LogP) is 4.95. The van der Waals surface area contributed by atoms with Gasteiger partial charge in [0.25, 0.3) is 6.73 Å². The molecule has 7 heteroatoms. The van der Waals surface area contributed by atoms with Gasteiger partial charge in [-0.25, -0.2) is 14.8 Å². The van der Waals surface area contributed by atoms with Crippen LogP contribution in [0.4, 0.5) is 4.79 Å². The molecule has 0 N–H and O–H groups in total. The van der Waals surface area contributed by atoms with Crippen molar-refractivity contribution < 1.29 is 18.9 Å². The molecule has 2 aromatic carbocycles. The lowest BCUT2D eigenvalue weighted by Gasteiger charge is -2.13. The maximum Gasteiger partial charge on any atom is 0.414 e. The van der Waals surface area contributed by atoms with E-state index in [1.165, 1.54) is 0 Å². The van der Waals surface area contributed by atoms with Crippen LogP contribution >= 0.6 is 0 Å². The molecule has 0 atom stereocenters. The van der Waals surface area contributed by atoms with Crippen LogP contribution in [0.1, 0.15) is 45.7 Å².